The van der Waals surface area contributed by atoms with Gasteiger partial charge in [-0.15, -0.1) is 0 Å². The van der Waals surface area contributed by atoms with Crippen molar-refractivity contribution in [2.24, 2.45) is 0 Å². The fraction of sp³-hybridized carbons (Fsp3) is 0.500. The molecule has 1 atom stereocenters. The van der Waals surface area contributed by atoms with Crippen LogP contribution in [0.2, 0.25) is 10.0 Å². The Labute approximate surface area is 120 Å². The third-order valence-electron chi connectivity index (χ3n) is 3.04. The van der Waals surface area contributed by atoms with Crippen LogP contribution in [0.15, 0.2) is 16.6 Å². The number of halogens is 3. The zero-order chi connectivity index (χ0) is 12.4. The average Bonchev–Trinajstić information content (AvgIpc) is 2.75. The van der Waals surface area contributed by atoms with Crippen LogP contribution in [0.3, 0.4) is 0 Å². The molecule has 1 unspecified atom stereocenters. The number of anilines is 1. The fourth-order valence-electron chi connectivity index (χ4n) is 2.19. The predicted molar refractivity (Wildman–Crippen MR) is 78.5 cm³/mol. The van der Waals surface area contributed by atoms with E-state index in [2.05, 4.69) is 33.1 Å². The number of hydrogen-bond donors (Lipinski definition) is 1. The number of nitrogens with one attached hydrogen (secondary N) is 1. The standard InChI is InChI=1S/C12H15BrCl2N2/c1-2-16-8-5-6-17(7-8)10-4-3-9(13)11(14)12(10)15/h3-4,8,16H,2,5-7H2,1H3. The third-order valence-corrected chi connectivity index (χ3v) is 4.80. The summed E-state index contributed by atoms with van der Waals surface area (Å²) in [6, 6.07) is 4.52. The predicted octanol–water partition coefficient (Wildman–Crippen LogP) is 3.94. The maximum atomic E-state index is 6.28. The minimum Gasteiger partial charge on any atom is -0.369 e. The Hall–Kier alpha value is 0.0400. The molecule has 1 fully saturated rings. The van der Waals surface area contributed by atoms with Gasteiger partial charge in [-0.3, -0.25) is 0 Å². The summed E-state index contributed by atoms with van der Waals surface area (Å²) in [7, 11) is 0. The van der Waals surface area contributed by atoms with Crippen molar-refractivity contribution >= 4 is 44.8 Å². The highest BCUT2D eigenvalue weighted by Gasteiger charge is 2.24. The molecule has 0 bridgehead atoms. The molecule has 0 aromatic heterocycles. The van der Waals surface area contributed by atoms with Crippen molar-refractivity contribution in [3.05, 3.63) is 26.7 Å². The summed E-state index contributed by atoms with van der Waals surface area (Å²) in [6.07, 6.45) is 1.15. The van der Waals surface area contributed by atoms with Gasteiger partial charge in [0.15, 0.2) is 0 Å². The van der Waals surface area contributed by atoms with E-state index in [0.717, 1.165) is 36.2 Å². The number of benzene rings is 1. The summed E-state index contributed by atoms with van der Waals surface area (Å²) >= 11 is 15.8. The Bertz CT molecular complexity index is 412. The maximum absolute atomic E-state index is 6.28. The van der Waals surface area contributed by atoms with Crippen LogP contribution < -0.4 is 10.2 Å². The minimum atomic E-state index is 0.554. The van der Waals surface area contributed by atoms with Gasteiger partial charge in [-0.05, 0) is 41.0 Å². The number of rotatable bonds is 3. The van der Waals surface area contributed by atoms with Crippen LogP contribution in [0.4, 0.5) is 5.69 Å². The van der Waals surface area contributed by atoms with E-state index in [9.17, 15) is 0 Å². The Morgan fingerprint density at radius 1 is 1.41 bits per heavy atom. The third kappa shape index (κ3) is 2.90. The fourth-order valence-corrected chi connectivity index (χ4v) is 3.08. The largest absolute Gasteiger partial charge is 0.369 e. The average molecular weight is 338 g/mol. The lowest BCUT2D eigenvalue weighted by Gasteiger charge is -2.21. The molecule has 2 rings (SSSR count). The second-order valence-corrected chi connectivity index (χ2v) is 5.79. The molecule has 1 aliphatic heterocycles. The molecule has 0 saturated carbocycles. The number of likely N-dealkylation sites (N-methyl/N-ethyl adjacent to an activating group) is 1. The smallest absolute Gasteiger partial charge is 0.0837 e. The van der Waals surface area contributed by atoms with Gasteiger partial charge in [-0.25, -0.2) is 0 Å². The lowest BCUT2D eigenvalue weighted by molar-refractivity contribution is 0.572. The molecular weight excluding hydrogens is 323 g/mol. The van der Waals surface area contributed by atoms with Gasteiger partial charge in [-0.2, -0.15) is 0 Å². The normalized spacial score (nSPS) is 20.0. The highest BCUT2D eigenvalue weighted by atomic mass is 79.9. The molecule has 0 spiro atoms. The van der Waals surface area contributed by atoms with Gasteiger partial charge in [0.1, 0.15) is 0 Å². The van der Waals surface area contributed by atoms with E-state index in [1.165, 1.54) is 0 Å². The van der Waals surface area contributed by atoms with Crippen LogP contribution in [0.25, 0.3) is 0 Å². The van der Waals surface area contributed by atoms with Crippen molar-refractivity contribution < 1.29 is 0 Å². The lowest BCUT2D eigenvalue weighted by Crippen LogP contribution is -2.32. The minimum absolute atomic E-state index is 0.554. The first kappa shape index (κ1) is 13.5. The Morgan fingerprint density at radius 3 is 2.88 bits per heavy atom. The van der Waals surface area contributed by atoms with Crippen molar-refractivity contribution in [1.29, 1.82) is 0 Å². The summed E-state index contributed by atoms with van der Waals surface area (Å²) in [5, 5.41) is 4.69. The van der Waals surface area contributed by atoms with Crippen molar-refractivity contribution in [1.82, 2.24) is 5.32 Å². The van der Waals surface area contributed by atoms with Gasteiger partial charge in [0, 0.05) is 23.6 Å². The Kier molecular flexibility index (Phi) is 4.59. The van der Waals surface area contributed by atoms with E-state index in [4.69, 9.17) is 23.2 Å². The number of hydrogen-bond acceptors (Lipinski definition) is 2. The highest BCUT2D eigenvalue weighted by Crippen LogP contribution is 2.38. The molecule has 1 aromatic carbocycles. The van der Waals surface area contributed by atoms with E-state index < -0.39 is 0 Å². The highest BCUT2D eigenvalue weighted by molar-refractivity contribution is 9.10. The molecule has 1 heterocycles. The molecule has 0 aliphatic carbocycles. The molecule has 94 valence electrons. The molecular formula is C12H15BrCl2N2. The van der Waals surface area contributed by atoms with Gasteiger partial charge in [0.05, 0.1) is 15.7 Å². The molecule has 17 heavy (non-hydrogen) atoms. The first-order chi connectivity index (χ1) is 8.13. The maximum Gasteiger partial charge on any atom is 0.0837 e. The molecule has 0 amide bonds. The van der Waals surface area contributed by atoms with Gasteiger partial charge in [0.25, 0.3) is 0 Å². The zero-order valence-electron chi connectivity index (χ0n) is 9.64. The van der Waals surface area contributed by atoms with Crippen LogP contribution >= 0.6 is 39.1 Å². The van der Waals surface area contributed by atoms with Crippen molar-refractivity contribution in [3.63, 3.8) is 0 Å². The first-order valence-electron chi connectivity index (χ1n) is 5.75. The van der Waals surface area contributed by atoms with E-state index >= 15 is 0 Å². The van der Waals surface area contributed by atoms with Crippen molar-refractivity contribution in [2.45, 2.75) is 19.4 Å². The van der Waals surface area contributed by atoms with Crippen molar-refractivity contribution in [3.8, 4) is 0 Å². The van der Waals surface area contributed by atoms with Crippen molar-refractivity contribution in [2.75, 3.05) is 24.5 Å². The summed E-state index contributed by atoms with van der Waals surface area (Å²) in [5.41, 5.74) is 1.03. The van der Waals surface area contributed by atoms with E-state index in [0.29, 0.717) is 16.1 Å². The molecule has 2 nitrogen and oxygen atoms in total. The van der Waals surface area contributed by atoms with E-state index in [1.54, 1.807) is 0 Å². The van der Waals surface area contributed by atoms with Crippen LogP contribution in [0.1, 0.15) is 13.3 Å². The van der Waals surface area contributed by atoms with Crippen LogP contribution in [-0.4, -0.2) is 25.7 Å². The van der Waals surface area contributed by atoms with E-state index in [-0.39, 0.29) is 0 Å². The summed E-state index contributed by atoms with van der Waals surface area (Å²) in [4.78, 5) is 2.29. The van der Waals surface area contributed by atoms with Gasteiger partial charge in [0.2, 0.25) is 0 Å². The molecule has 0 radical (unpaired) electrons. The Balaban J connectivity index is 2.16. The topological polar surface area (TPSA) is 15.3 Å². The lowest BCUT2D eigenvalue weighted by atomic mass is 10.2. The second kappa shape index (κ2) is 5.79. The van der Waals surface area contributed by atoms with Crippen LogP contribution in [0.5, 0.6) is 0 Å². The van der Waals surface area contributed by atoms with Gasteiger partial charge in [-0.1, -0.05) is 30.1 Å². The van der Waals surface area contributed by atoms with Crippen LogP contribution in [0, 0.1) is 0 Å². The SMILES string of the molecule is CCNC1CCN(c2ccc(Br)c(Cl)c2Cl)C1. The summed E-state index contributed by atoms with van der Waals surface area (Å²) in [5.74, 6) is 0. The van der Waals surface area contributed by atoms with Gasteiger partial charge >= 0.3 is 0 Å². The molecule has 1 N–H and O–H groups in total. The molecule has 5 heteroatoms. The summed E-state index contributed by atoms with van der Waals surface area (Å²) < 4.78 is 0.843. The van der Waals surface area contributed by atoms with Crippen LogP contribution in [-0.2, 0) is 0 Å². The molecule has 1 saturated heterocycles. The molecule has 1 aliphatic rings. The summed E-state index contributed by atoms with van der Waals surface area (Å²) in [6.45, 7) is 5.15. The van der Waals surface area contributed by atoms with Gasteiger partial charge < -0.3 is 10.2 Å². The number of nitrogens with zero attached hydrogens (tertiary/aromatic N) is 1. The zero-order valence-corrected chi connectivity index (χ0v) is 12.7. The monoisotopic (exact) mass is 336 g/mol. The first-order valence-corrected chi connectivity index (χ1v) is 7.30. The quantitative estimate of drug-likeness (QED) is 0.840. The van der Waals surface area contributed by atoms with E-state index in [1.807, 2.05) is 12.1 Å². The molecule has 1 aromatic rings. The second-order valence-electron chi connectivity index (χ2n) is 4.18. The Morgan fingerprint density at radius 2 is 2.18 bits per heavy atom.